The fourth-order valence-electron chi connectivity index (χ4n) is 13.7. The van der Waals surface area contributed by atoms with Crippen LogP contribution in [0, 0.1) is 87.8 Å². The Labute approximate surface area is 717 Å². The topological polar surface area (TPSA) is 362 Å². The minimum absolute atomic E-state index is 0. The molecule has 13 rings (SSSR count). The van der Waals surface area contributed by atoms with Gasteiger partial charge in [0.15, 0.2) is 0 Å². The normalized spacial score (nSPS) is 20.5. The van der Waals surface area contributed by atoms with Crippen LogP contribution in [0.15, 0.2) is 152 Å². The van der Waals surface area contributed by atoms with Crippen LogP contribution in [-0.4, -0.2) is 130 Å². The number of aliphatic carboxylic acids is 3. The number of hydrogen-bond donors (Lipinski definition) is 6. The summed E-state index contributed by atoms with van der Waals surface area (Å²) in [6, 6.07) is 50.1. The maximum Gasteiger partial charge on any atom is 2.00 e. The molecule has 0 aromatic heterocycles. The smallest absolute Gasteiger partial charge is 1.00 e. The summed E-state index contributed by atoms with van der Waals surface area (Å²) in [5.74, 6) is -3.29. The first-order valence-corrected chi connectivity index (χ1v) is 38.6. The average molecular weight is 1660 g/mol. The Kier molecular flexibility index (Phi) is 50.3. The van der Waals surface area contributed by atoms with Crippen LogP contribution in [0.5, 0.6) is 0 Å². The van der Waals surface area contributed by atoms with Crippen LogP contribution < -0.4 is 12.4 Å². The van der Waals surface area contributed by atoms with Crippen molar-refractivity contribution in [3.8, 4) is 6.07 Å². The Balaban J connectivity index is 0. The fraction of sp³-hybridized carbons (Fsp3) is 0.548. The molecule has 5 aromatic carbocycles. The number of ether oxygens (including phenoxy) is 5. The molecule has 0 radical (unpaired) electrons. The summed E-state index contributed by atoms with van der Waals surface area (Å²) >= 11 is 0. The molecular weight excluding hydrogens is 1530 g/mol. The third kappa shape index (κ3) is 44.3. The molecule has 8 aliphatic carbocycles. The Hall–Kier alpha value is -8.37. The summed E-state index contributed by atoms with van der Waals surface area (Å²) < 4.78 is 26.0. The van der Waals surface area contributed by atoms with Crippen molar-refractivity contribution in [2.45, 2.75) is 258 Å². The van der Waals surface area contributed by atoms with Crippen molar-refractivity contribution in [3.05, 3.63) is 187 Å². The molecule has 117 heavy (non-hydrogen) atoms. The Morgan fingerprint density at radius 1 is 0.359 bits per heavy atom. The van der Waals surface area contributed by atoms with E-state index in [-0.39, 0.29) is 165 Å². The Morgan fingerprint density at radius 2 is 0.513 bits per heavy atom. The Morgan fingerprint density at radius 3 is 0.650 bits per heavy atom. The third-order valence-electron chi connectivity index (χ3n) is 19.9. The predicted molar refractivity (Wildman–Crippen MR) is 447 cm³/mol. The monoisotopic (exact) mass is 1660 g/mol. The number of aliphatic hydroxyl groups is 3. The number of Topliss-reactive ketones (excluding diaryl/α,β-unsaturated/α-hetero) is 2. The van der Waals surface area contributed by atoms with Gasteiger partial charge in [-0.15, -0.1) is 0 Å². The maximum atomic E-state index is 11.7. The maximum absolute atomic E-state index is 11.7. The molecule has 0 bridgehead atoms. The number of rotatable bonds is 18. The average Bonchev–Trinajstić information content (AvgIpc) is 0.825. The quantitative estimate of drug-likeness (QED) is 0.0205. The van der Waals surface area contributed by atoms with E-state index in [1.165, 1.54) is 6.92 Å². The number of carboxylic acids is 3. The van der Waals surface area contributed by atoms with E-state index < -0.39 is 29.1 Å². The first-order valence-electron chi connectivity index (χ1n) is 38.6. The van der Waals surface area contributed by atoms with Gasteiger partial charge < -0.3 is 74.2 Å². The number of hydrogen-bond acceptors (Lipinski definition) is 19. The number of nitrogens with zero attached hydrogens (tertiary/aromatic N) is 1. The summed E-state index contributed by atoms with van der Waals surface area (Å²) in [4.78, 5) is 109. The molecule has 5 aromatic rings. The number of esters is 5. The zero-order chi connectivity index (χ0) is 83.6. The molecule has 8 saturated carbocycles. The van der Waals surface area contributed by atoms with Gasteiger partial charge in [0.05, 0.1) is 64.6 Å². The minimum Gasteiger partial charge on any atom is -1.00 e. The van der Waals surface area contributed by atoms with E-state index in [9.17, 15) is 58.2 Å². The SMILES string of the molecule is C.C.CC#N.CC(C)O.CC1(C)CC(C(=O)O)C1.CC1(C)CC(C(=O)O)C1.CC1(C)CC(C(=O)OCc2ccccc2)C1.CC1(C)CC(C(=O)OCc2ccccc2)C1.CC1(O)CC(C(=O)OCc2ccccc2)C1.CC1(O)CC(C(=O)OCc2ccccc2)C1.O=C1CC(C(=O)O)C1.O=C1CC(C(=O)OCc2ccccc2)C1.[CH3-].[Cl-].[Mg+2]. The summed E-state index contributed by atoms with van der Waals surface area (Å²) in [6.07, 6.45) is 10.3. The molecule has 0 spiro atoms. The summed E-state index contributed by atoms with van der Waals surface area (Å²) in [5, 5.41) is 59.5. The first kappa shape index (κ1) is 111. The van der Waals surface area contributed by atoms with E-state index in [2.05, 4.69) is 55.4 Å². The largest absolute Gasteiger partial charge is 2.00 e. The molecule has 0 atom stereocenters. The van der Waals surface area contributed by atoms with Crippen LogP contribution in [0.25, 0.3) is 0 Å². The molecule has 8 aliphatic rings. The summed E-state index contributed by atoms with van der Waals surface area (Å²) in [6.45, 7) is 27.3. The van der Waals surface area contributed by atoms with Gasteiger partial charge in [-0.05, 0) is 154 Å². The second kappa shape index (κ2) is 53.2. The number of carboxylic acid groups (broad SMARTS) is 3. The van der Waals surface area contributed by atoms with Gasteiger partial charge >= 0.3 is 70.8 Å². The molecular formula is C93H132ClMgNO21. The molecule has 0 unspecified atom stereocenters. The van der Waals surface area contributed by atoms with Crippen molar-refractivity contribution >= 4 is 82.4 Å². The molecule has 8 fully saturated rings. The van der Waals surface area contributed by atoms with E-state index in [1.54, 1.807) is 33.8 Å². The number of carbonyl (C=O) groups is 10. The predicted octanol–water partition coefficient (Wildman–Crippen LogP) is 14.1. The third-order valence-corrected chi connectivity index (χ3v) is 19.9. The number of nitriles is 1. The zero-order valence-electron chi connectivity index (χ0n) is 69.8. The molecule has 24 heteroatoms. The van der Waals surface area contributed by atoms with Crippen LogP contribution in [0.4, 0.5) is 0 Å². The van der Waals surface area contributed by atoms with Gasteiger partial charge in [0.2, 0.25) is 0 Å². The fourth-order valence-corrected chi connectivity index (χ4v) is 13.7. The van der Waals surface area contributed by atoms with E-state index in [1.807, 2.05) is 152 Å². The minimum atomic E-state index is -0.843. The van der Waals surface area contributed by atoms with E-state index in [0.717, 1.165) is 79.2 Å². The standard InChI is InChI=1S/2C14H18O2.2C13H16O3.C12H12O3.2C7H12O2.C5H6O3.C3H8O.C2H3N.2CH4.CH3.ClH.Mg/c2*1-14(2)8-12(9-14)13(15)16-10-11-6-4-3-5-7-11;2*1-13(15)7-11(8-13)12(14)16-9-10-5-3-2-4-6-10;13-11-6-10(7-11)12(14)15-8-9-4-2-1-3-5-9;2*1-7(2)3-5(4-7)6(8)9;6-4-1-3(2-4)5(7)8;1-3(2)4;1-2-3;;;;;/h2*3-7,12H,8-10H2,1-2H3;2*2-6,11,15H,7-9H2,1H3;1-5,10H,6-8H2;2*5H,3-4H2,1-2H3,(H,8,9);3H,1-2H2,(H,7,8);3-4H,1-2H3;1H3;2*1H4;1H3;1H;/q;;;;;;;;;;;;-1;;+2/p-1. The second-order valence-electron chi connectivity index (χ2n) is 34.4. The van der Waals surface area contributed by atoms with Gasteiger partial charge in [-0.3, -0.25) is 47.9 Å². The summed E-state index contributed by atoms with van der Waals surface area (Å²) in [5.41, 5.74) is 4.95. The number of carbonyl (C=O) groups excluding carboxylic acids is 7. The first-order chi connectivity index (χ1) is 52.4. The van der Waals surface area contributed by atoms with Crippen LogP contribution in [0.2, 0.25) is 0 Å². The van der Waals surface area contributed by atoms with Gasteiger partial charge in [0.1, 0.15) is 44.6 Å². The van der Waals surface area contributed by atoms with Gasteiger partial charge in [0, 0.05) is 38.7 Å². The number of aliphatic hydroxyl groups excluding tert-OH is 1. The van der Waals surface area contributed by atoms with Crippen molar-refractivity contribution < 1.29 is 115 Å². The van der Waals surface area contributed by atoms with E-state index >= 15 is 0 Å². The number of ketones is 2. The second-order valence-corrected chi connectivity index (χ2v) is 34.4. The molecule has 0 aliphatic heterocycles. The van der Waals surface area contributed by atoms with Crippen molar-refractivity contribution in [3.63, 3.8) is 0 Å². The molecule has 22 nitrogen and oxygen atoms in total. The molecule has 0 saturated heterocycles. The van der Waals surface area contributed by atoms with Crippen molar-refractivity contribution in [1.29, 1.82) is 5.26 Å². The van der Waals surface area contributed by atoms with Crippen molar-refractivity contribution in [1.82, 2.24) is 0 Å². The molecule has 6 N–H and O–H groups in total. The number of benzene rings is 5. The molecule has 0 heterocycles. The van der Waals surface area contributed by atoms with Crippen LogP contribution in [0.3, 0.4) is 0 Å². The van der Waals surface area contributed by atoms with E-state index in [4.69, 9.17) is 49.4 Å². The molecule has 644 valence electrons. The van der Waals surface area contributed by atoms with Gasteiger partial charge in [0.25, 0.3) is 0 Å². The van der Waals surface area contributed by atoms with Crippen LogP contribution >= 0.6 is 0 Å². The zero-order valence-corrected chi connectivity index (χ0v) is 72.0. The van der Waals surface area contributed by atoms with Crippen molar-refractivity contribution in [2.24, 2.45) is 69.0 Å². The van der Waals surface area contributed by atoms with Gasteiger partial charge in [-0.2, -0.15) is 5.26 Å². The van der Waals surface area contributed by atoms with Crippen LogP contribution in [0.1, 0.15) is 235 Å². The van der Waals surface area contributed by atoms with Crippen LogP contribution in [-0.2, 0) is 105 Å². The number of halogens is 1. The van der Waals surface area contributed by atoms with Gasteiger partial charge in [-0.1, -0.05) is 222 Å². The van der Waals surface area contributed by atoms with E-state index in [0.29, 0.717) is 93.2 Å². The Bertz CT molecular complexity index is 3440. The van der Waals surface area contributed by atoms with Gasteiger partial charge in [-0.25, -0.2) is 0 Å². The summed E-state index contributed by atoms with van der Waals surface area (Å²) in [7, 11) is 0. The molecule has 0 amide bonds. The van der Waals surface area contributed by atoms with Crippen molar-refractivity contribution in [2.75, 3.05) is 0 Å².